The Morgan fingerprint density at radius 3 is 2.48 bits per heavy atom. The van der Waals surface area contributed by atoms with E-state index in [9.17, 15) is 0 Å². The standard InChI is InChI=1S/C24H29N3O2/c1-26(2)13-12-25-23-17-8-6-7-9-20(17)27(3)24-18(23)11-10-16-14-21(28-4)22(29-5)15-19(16)24/h6-9,14-15H,10-13H2,1-5H3/p+1. The second-order valence-corrected chi connectivity index (χ2v) is 7.87. The first-order chi connectivity index (χ1) is 14.0. The summed E-state index contributed by atoms with van der Waals surface area (Å²) in [5.41, 5.74) is 7.66. The zero-order valence-corrected chi connectivity index (χ0v) is 18.0. The Hall–Kier alpha value is -2.79. The van der Waals surface area contributed by atoms with Crippen LogP contribution in [0.2, 0.25) is 0 Å². The number of hydrogen-bond donors (Lipinski definition) is 1. The third-order valence-electron chi connectivity index (χ3n) is 5.83. The molecule has 1 heterocycles. The monoisotopic (exact) mass is 392 g/mol. The summed E-state index contributed by atoms with van der Waals surface area (Å²) in [6.45, 7) is 1.90. The molecule has 0 atom stereocenters. The molecule has 4 rings (SSSR count). The number of ether oxygens (including phenoxy) is 2. The maximum Gasteiger partial charge on any atom is 0.218 e. The Balaban J connectivity index is 1.95. The number of rotatable bonds is 6. The Morgan fingerprint density at radius 1 is 1.03 bits per heavy atom. The predicted octanol–water partition coefficient (Wildman–Crippen LogP) is 3.42. The molecule has 0 fully saturated rings. The highest BCUT2D eigenvalue weighted by Crippen LogP contribution is 2.42. The number of aromatic nitrogens is 1. The molecule has 0 saturated carbocycles. The number of benzene rings is 2. The van der Waals surface area contributed by atoms with E-state index in [0.29, 0.717) is 0 Å². The first-order valence-corrected chi connectivity index (χ1v) is 10.1. The van der Waals surface area contributed by atoms with E-state index in [2.05, 4.69) is 72.3 Å². The molecule has 0 aliphatic heterocycles. The predicted molar refractivity (Wildman–Crippen MR) is 118 cm³/mol. The number of hydrogen-bond acceptors (Lipinski definition) is 4. The Kier molecular flexibility index (Phi) is 5.33. The van der Waals surface area contributed by atoms with Crippen molar-refractivity contribution in [2.24, 2.45) is 7.05 Å². The summed E-state index contributed by atoms with van der Waals surface area (Å²) in [6.07, 6.45) is 1.99. The van der Waals surface area contributed by atoms with E-state index < -0.39 is 0 Å². The number of aryl methyl sites for hydroxylation is 2. The number of anilines is 1. The topological polar surface area (TPSA) is 37.6 Å². The minimum atomic E-state index is 0.773. The largest absolute Gasteiger partial charge is 0.493 e. The summed E-state index contributed by atoms with van der Waals surface area (Å²) in [5.74, 6) is 1.57. The fourth-order valence-corrected chi connectivity index (χ4v) is 4.38. The number of pyridine rings is 1. The van der Waals surface area contributed by atoms with Crippen LogP contribution >= 0.6 is 0 Å². The number of likely N-dealkylation sites (N-methyl/N-ethyl adjacent to an activating group) is 1. The molecule has 1 N–H and O–H groups in total. The van der Waals surface area contributed by atoms with Crippen LogP contribution in [0, 0.1) is 0 Å². The van der Waals surface area contributed by atoms with Crippen molar-refractivity contribution in [2.75, 3.05) is 46.7 Å². The van der Waals surface area contributed by atoms with Gasteiger partial charge in [-0.25, -0.2) is 0 Å². The third kappa shape index (κ3) is 3.40. The van der Waals surface area contributed by atoms with Crippen LogP contribution in [-0.2, 0) is 19.9 Å². The minimum Gasteiger partial charge on any atom is -0.493 e. The second kappa shape index (κ2) is 7.91. The molecule has 2 aromatic carbocycles. The van der Waals surface area contributed by atoms with Crippen LogP contribution in [0.15, 0.2) is 36.4 Å². The van der Waals surface area contributed by atoms with Crippen molar-refractivity contribution in [3.05, 3.63) is 47.5 Å². The van der Waals surface area contributed by atoms with Crippen molar-refractivity contribution in [1.82, 2.24) is 4.90 Å². The van der Waals surface area contributed by atoms with E-state index in [1.54, 1.807) is 14.2 Å². The van der Waals surface area contributed by atoms with E-state index in [-0.39, 0.29) is 0 Å². The number of methoxy groups -OCH3 is 2. The van der Waals surface area contributed by atoms with E-state index in [0.717, 1.165) is 37.4 Å². The lowest BCUT2D eigenvalue weighted by molar-refractivity contribution is -0.634. The van der Waals surface area contributed by atoms with Gasteiger partial charge in [-0.3, -0.25) is 0 Å². The van der Waals surface area contributed by atoms with E-state index in [1.807, 2.05) is 0 Å². The normalized spacial score (nSPS) is 12.6. The van der Waals surface area contributed by atoms with Crippen LogP contribution < -0.4 is 19.4 Å². The van der Waals surface area contributed by atoms with Crippen molar-refractivity contribution in [1.29, 1.82) is 0 Å². The van der Waals surface area contributed by atoms with Gasteiger partial charge >= 0.3 is 0 Å². The molecule has 29 heavy (non-hydrogen) atoms. The van der Waals surface area contributed by atoms with E-state index in [4.69, 9.17) is 9.47 Å². The van der Waals surface area contributed by atoms with Crippen LogP contribution in [0.25, 0.3) is 22.2 Å². The Labute approximate surface area is 172 Å². The van der Waals surface area contributed by atoms with Gasteiger partial charge in [0, 0.05) is 24.7 Å². The molecule has 5 heteroatoms. The summed E-state index contributed by atoms with van der Waals surface area (Å²) in [7, 11) is 9.77. The highest BCUT2D eigenvalue weighted by molar-refractivity contribution is 5.94. The maximum atomic E-state index is 5.61. The fourth-order valence-electron chi connectivity index (χ4n) is 4.38. The smallest absolute Gasteiger partial charge is 0.218 e. The molecule has 1 aromatic heterocycles. The Morgan fingerprint density at radius 2 is 1.76 bits per heavy atom. The highest BCUT2D eigenvalue weighted by atomic mass is 16.5. The molecule has 1 aliphatic rings. The summed E-state index contributed by atoms with van der Waals surface area (Å²) in [6, 6.07) is 12.9. The van der Waals surface area contributed by atoms with Crippen molar-refractivity contribution in [3.8, 4) is 22.8 Å². The van der Waals surface area contributed by atoms with Crippen LogP contribution in [0.4, 0.5) is 5.69 Å². The lowest BCUT2D eigenvalue weighted by Crippen LogP contribution is -2.36. The first-order valence-electron chi connectivity index (χ1n) is 10.1. The van der Waals surface area contributed by atoms with Gasteiger partial charge in [-0.1, -0.05) is 12.1 Å². The average molecular weight is 393 g/mol. The molecule has 0 radical (unpaired) electrons. The molecule has 0 amide bonds. The zero-order chi connectivity index (χ0) is 20.5. The summed E-state index contributed by atoms with van der Waals surface area (Å²) < 4.78 is 13.5. The zero-order valence-electron chi connectivity index (χ0n) is 18.0. The highest BCUT2D eigenvalue weighted by Gasteiger charge is 2.31. The van der Waals surface area contributed by atoms with Gasteiger partial charge in [-0.2, -0.15) is 4.57 Å². The second-order valence-electron chi connectivity index (χ2n) is 7.87. The molecule has 5 nitrogen and oxygen atoms in total. The first kappa shape index (κ1) is 19.5. The van der Waals surface area contributed by atoms with Crippen LogP contribution in [0.5, 0.6) is 11.5 Å². The molecule has 3 aromatic rings. The summed E-state index contributed by atoms with van der Waals surface area (Å²) >= 11 is 0. The van der Waals surface area contributed by atoms with Crippen molar-refractivity contribution in [3.63, 3.8) is 0 Å². The van der Waals surface area contributed by atoms with Crippen LogP contribution in [0.3, 0.4) is 0 Å². The van der Waals surface area contributed by atoms with Crippen molar-refractivity contribution in [2.45, 2.75) is 12.8 Å². The molecule has 0 saturated heterocycles. The van der Waals surface area contributed by atoms with Gasteiger partial charge in [-0.15, -0.1) is 0 Å². The Bertz CT molecular complexity index is 1060. The van der Waals surface area contributed by atoms with Crippen LogP contribution in [-0.4, -0.2) is 46.3 Å². The van der Waals surface area contributed by atoms with Crippen LogP contribution in [0.1, 0.15) is 11.1 Å². The number of nitrogens with zero attached hydrogens (tertiary/aromatic N) is 2. The molecule has 0 bridgehead atoms. The number of fused-ring (bicyclic) bond motifs is 4. The van der Waals surface area contributed by atoms with Crippen molar-refractivity contribution < 1.29 is 14.0 Å². The third-order valence-corrected chi connectivity index (χ3v) is 5.83. The lowest BCUT2D eigenvalue weighted by Gasteiger charge is -2.24. The number of para-hydroxylation sites is 1. The number of nitrogens with one attached hydrogen (secondary N) is 1. The van der Waals surface area contributed by atoms with E-state index in [1.165, 1.54) is 39.0 Å². The minimum absolute atomic E-state index is 0.773. The lowest BCUT2D eigenvalue weighted by atomic mass is 9.86. The molecule has 1 aliphatic carbocycles. The van der Waals surface area contributed by atoms with Gasteiger partial charge in [0.15, 0.2) is 11.5 Å². The van der Waals surface area contributed by atoms with Gasteiger partial charge in [-0.05, 0) is 50.7 Å². The van der Waals surface area contributed by atoms with E-state index >= 15 is 0 Å². The summed E-state index contributed by atoms with van der Waals surface area (Å²) in [5, 5.41) is 5.02. The molecular weight excluding hydrogens is 362 g/mol. The van der Waals surface area contributed by atoms with Gasteiger partial charge in [0.1, 0.15) is 7.05 Å². The van der Waals surface area contributed by atoms with Gasteiger partial charge < -0.3 is 19.7 Å². The van der Waals surface area contributed by atoms with Gasteiger partial charge in [0.2, 0.25) is 11.2 Å². The maximum absolute atomic E-state index is 5.61. The molecule has 152 valence electrons. The average Bonchev–Trinajstić information content (AvgIpc) is 2.74. The van der Waals surface area contributed by atoms with Gasteiger partial charge in [0.25, 0.3) is 0 Å². The fraction of sp³-hybridized carbons (Fsp3) is 0.375. The van der Waals surface area contributed by atoms with Crippen molar-refractivity contribution >= 4 is 16.6 Å². The SMILES string of the molecule is COc1cc2c(cc1OC)-c1c(c(NCCN(C)C)c3ccccc3[n+]1C)CC2. The van der Waals surface area contributed by atoms with Gasteiger partial charge in [0.05, 0.1) is 30.9 Å². The molecular formula is C24H30N3O2+. The quantitative estimate of drug-likeness (QED) is 0.653. The molecule has 0 unspecified atom stereocenters. The summed E-state index contributed by atoms with van der Waals surface area (Å²) in [4.78, 5) is 2.21. The molecule has 0 spiro atoms.